The Bertz CT molecular complexity index is 613. The lowest BCUT2D eigenvalue weighted by atomic mass is 9.90. The van der Waals surface area contributed by atoms with Crippen LogP contribution in [0.1, 0.15) is 69.9 Å². The van der Waals surface area contributed by atoms with Gasteiger partial charge in [0.05, 0.1) is 19.1 Å². The molecule has 1 unspecified atom stereocenters. The number of nitrogens with zero attached hydrogens (tertiary/aromatic N) is 1. The molecule has 0 bridgehead atoms. The molecule has 1 saturated carbocycles. The van der Waals surface area contributed by atoms with Gasteiger partial charge in [-0.25, -0.2) is 0 Å². The number of hydrogen-bond donors (Lipinski definition) is 1. The predicted molar refractivity (Wildman–Crippen MR) is 105 cm³/mol. The standard InChI is InChI=1S/C20H28N2O2S/c1-2-3-13-24-19(23)14-18-16-11-7-8-12-17(16)21-20(25)22(18)15-9-5-4-6-10-15/h7-8,11-12,15,18H,2-6,9-10,13-14H2,1H3,(H,21,25). The second-order valence-electron chi connectivity index (χ2n) is 7.01. The number of esters is 1. The Morgan fingerprint density at radius 1 is 1.28 bits per heavy atom. The van der Waals surface area contributed by atoms with Gasteiger partial charge in [-0.05, 0) is 43.1 Å². The van der Waals surface area contributed by atoms with Crippen molar-refractivity contribution in [2.45, 2.75) is 70.4 Å². The van der Waals surface area contributed by atoms with Crippen molar-refractivity contribution in [2.24, 2.45) is 0 Å². The largest absolute Gasteiger partial charge is 0.466 e. The summed E-state index contributed by atoms with van der Waals surface area (Å²) < 4.78 is 5.44. The molecule has 0 saturated heterocycles. The summed E-state index contributed by atoms with van der Waals surface area (Å²) >= 11 is 5.68. The number of rotatable bonds is 6. The number of ether oxygens (including phenoxy) is 1. The van der Waals surface area contributed by atoms with Crippen LogP contribution in [0, 0.1) is 0 Å². The maximum atomic E-state index is 12.4. The van der Waals surface area contributed by atoms with Gasteiger partial charge in [-0.1, -0.05) is 50.8 Å². The highest BCUT2D eigenvalue weighted by atomic mass is 32.1. The van der Waals surface area contributed by atoms with Crippen molar-refractivity contribution in [3.8, 4) is 0 Å². The number of thiocarbonyl (C=S) groups is 1. The van der Waals surface area contributed by atoms with E-state index in [1.807, 2.05) is 18.2 Å². The average molecular weight is 361 g/mol. The van der Waals surface area contributed by atoms with Crippen molar-refractivity contribution < 1.29 is 9.53 Å². The van der Waals surface area contributed by atoms with E-state index >= 15 is 0 Å². The molecule has 0 aromatic heterocycles. The molecule has 0 amide bonds. The number of unbranched alkanes of at least 4 members (excludes halogenated alkanes) is 1. The van der Waals surface area contributed by atoms with Crippen molar-refractivity contribution in [3.05, 3.63) is 29.8 Å². The van der Waals surface area contributed by atoms with Crippen LogP contribution in [0.25, 0.3) is 0 Å². The van der Waals surface area contributed by atoms with Gasteiger partial charge in [0.1, 0.15) is 0 Å². The summed E-state index contributed by atoms with van der Waals surface area (Å²) in [7, 11) is 0. The summed E-state index contributed by atoms with van der Waals surface area (Å²) in [5.41, 5.74) is 2.17. The summed E-state index contributed by atoms with van der Waals surface area (Å²) in [6, 6.07) is 8.56. The summed E-state index contributed by atoms with van der Waals surface area (Å²) in [6.07, 6.45) is 8.36. The lowest BCUT2D eigenvalue weighted by molar-refractivity contribution is -0.145. The third-order valence-corrected chi connectivity index (χ3v) is 5.53. The Hall–Kier alpha value is -1.62. The van der Waals surface area contributed by atoms with Crippen LogP contribution in [0.4, 0.5) is 5.69 Å². The first-order valence-electron chi connectivity index (χ1n) is 9.54. The van der Waals surface area contributed by atoms with Crippen LogP contribution in [-0.2, 0) is 9.53 Å². The van der Waals surface area contributed by atoms with Gasteiger partial charge in [-0.15, -0.1) is 0 Å². The number of benzene rings is 1. The molecule has 1 N–H and O–H groups in total. The highest BCUT2D eigenvalue weighted by molar-refractivity contribution is 7.80. The molecule has 0 spiro atoms. The van der Waals surface area contributed by atoms with Crippen LogP contribution in [0.3, 0.4) is 0 Å². The van der Waals surface area contributed by atoms with Gasteiger partial charge in [0.15, 0.2) is 5.11 Å². The molecule has 1 aromatic carbocycles. The van der Waals surface area contributed by atoms with Gasteiger partial charge in [-0.2, -0.15) is 0 Å². The van der Waals surface area contributed by atoms with E-state index in [1.165, 1.54) is 19.3 Å². The van der Waals surface area contributed by atoms with E-state index in [4.69, 9.17) is 17.0 Å². The van der Waals surface area contributed by atoms with Crippen LogP contribution in [0.5, 0.6) is 0 Å². The van der Waals surface area contributed by atoms with E-state index in [0.29, 0.717) is 19.1 Å². The number of carbonyl (C=O) groups is 1. The lowest BCUT2D eigenvalue weighted by Gasteiger charge is -2.45. The zero-order chi connectivity index (χ0) is 17.6. The molecule has 1 aromatic rings. The van der Waals surface area contributed by atoms with E-state index in [2.05, 4.69) is 23.2 Å². The van der Waals surface area contributed by atoms with Gasteiger partial charge in [-0.3, -0.25) is 4.79 Å². The van der Waals surface area contributed by atoms with Crippen molar-refractivity contribution in [1.29, 1.82) is 0 Å². The van der Waals surface area contributed by atoms with Crippen LogP contribution < -0.4 is 5.32 Å². The Morgan fingerprint density at radius 2 is 2.04 bits per heavy atom. The van der Waals surface area contributed by atoms with E-state index in [1.54, 1.807) is 0 Å². The minimum Gasteiger partial charge on any atom is -0.466 e. The first-order chi connectivity index (χ1) is 12.2. The number of para-hydroxylation sites is 1. The Balaban J connectivity index is 1.82. The highest BCUT2D eigenvalue weighted by Crippen LogP contribution is 2.39. The van der Waals surface area contributed by atoms with Crippen molar-refractivity contribution in [1.82, 2.24) is 4.90 Å². The monoisotopic (exact) mass is 360 g/mol. The van der Waals surface area contributed by atoms with Crippen molar-refractivity contribution in [3.63, 3.8) is 0 Å². The van der Waals surface area contributed by atoms with Crippen molar-refractivity contribution >= 4 is 29.0 Å². The zero-order valence-corrected chi connectivity index (χ0v) is 15.8. The number of carbonyl (C=O) groups excluding carboxylic acids is 1. The highest BCUT2D eigenvalue weighted by Gasteiger charge is 2.36. The summed E-state index contributed by atoms with van der Waals surface area (Å²) in [5, 5.41) is 4.12. The molecular weight excluding hydrogens is 332 g/mol. The smallest absolute Gasteiger partial charge is 0.308 e. The molecule has 2 aliphatic rings. The zero-order valence-electron chi connectivity index (χ0n) is 15.0. The summed E-state index contributed by atoms with van der Waals surface area (Å²) in [6.45, 7) is 2.61. The average Bonchev–Trinajstić information content (AvgIpc) is 2.62. The second-order valence-corrected chi connectivity index (χ2v) is 7.40. The van der Waals surface area contributed by atoms with Crippen LogP contribution in [0.2, 0.25) is 0 Å². The number of hydrogen-bond acceptors (Lipinski definition) is 3. The molecule has 4 nitrogen and oxygen atoms in total. The quantitative estimate of drug-likeness (QED) is 0.448. The van der Waals surface area contributed by atoms with Gasteiger partial charge in [0.2, 0.25) is 0 Å². The molecule has 25 heavy (non-hydrogen) atoms. The first-order valence-corrected chi connectivity index (χ1v) is 9.95. The molecule has 1 aliphatic carbocycles. The second kappa shape index (κ2) is 8.65. The van der Waals surface area contributed by atoms with Crippen LogP contribution >= 0.6 is 12.2 Å². The molecule has 5 heteroatoms. The van der Waals surface area contributed by atoms with Crippen LogP contribution in [-0.4, -0.2) is 28.6 Å². The fourth-order valence-corrected chi connectivity index (χ4v) is 4.29. The fraction of sp³-hybridized carbons (Fsp3) is 0.600. The fourth-order valence-electron chi connectivity index (χ4n) is 3.91. The van der Waals surface area contributed by atoms with E-state index in [-0.39, 0.29) is 12.0 Å². The molecule has 1 aliphatic heterocycles. The number of anilines is 1. The molecule has 1 atom stereocenters. The van der Waals surface area contributed by atoms with Gasteiger partial charge in [0.25, 0.3) is 0 Å². The van der Waals surface area contributed by atoms with Gasteiger partial charge < -0.3 is 15.0 Å². The van der Waals surface area contributed by atoms with Crippen LogP contribution in [0.15, 0.2) is 24.3 Å². The Kier molecular flexibility index (Phi) is 6.29. The van der Waals surface area contributed by atoms with E-state index in [0.717, 1.165) is 42.0 Å². The third kappa shape index (κ3) is 4.32. The molecule has 3 rings (SSSR count). The predicted octanol–water partition coefficient (Wildman–Crippen LogP) is 4.81. The first kappa shape index (κ1) is 18.2. The Morgan fingerprint density at radius 3 is 2.80 bits per heavy atom. The number of fused-ring (bicyclic) bond motifs is 1. The number of nitrogens with one attached hydrogen (secondary N) is 1. The summed E-state index contributed by atoms with van der Waals surface area (Å²) in [4.78, 5) is 14.7. The van der Waals surface area contributed by atoms with E-state index in [9.17, 15) is 4.79 Å². The van der Waals surface area contributed by atoms with Crippen molar-refractivity contribution in [2.75, 3.05) is 11.9 Å². The SMILES string of the molecule is CCCCOC(=O)CC1c2ccccc2NC(=S)N1C1CCCCC1. The maximum absolute atomic E-state index is 12.4. The minimum absolute atomic E-state index is 0.0258. The van der Waals surface area contributed by atoms with Gasteiger partial charge in [0, 0.05) is 11.7 Å². The Labute approximate surface area is 155 Å². The summed E-state index contributed by atoms with van der Waals surface area (Å²) in [5.74, 6) is -0.126. The molecule has 1 fully saturated rings. The van der Waals surface area contributed by atoms with E-state index < -0.39 is 0 Å². The molecule has 0 radical (unpaired) electrons. The lowest BCUT2D eigenvalue weighted by Crippen LogP contribution is -2.49. The normalized spacial score (nSPS) is 20.8. The topological polar surface area (TPSA) is 41.6 Å². The minimum atomic E-state index is -0.126. The molecule has 136 valence electrons. The molecule has 1 heterocycles. The maximum Gasteiger partial charge on any atom is 0.308 e. The molecular formula is C20H28N2O2S. The third-order valence-electron chi connectivity index (χ3n) is 5.22. The van der Waals surface area contributed by atoms with Gasteiger partial charge >= 0.3 is 5.97 Å².